The van der Waals surface area contributed by atoms with E-state index in [9.17, 15) is 9.59 Å². The lowest BCUT2D eigenvalue weighted by molar-refractivity contribution is -0.108. The van der Waals surface area contributed by atoms with Crippen LogP contribution in [0, 0.1) is 6.92 Å². The Kier molecular flexibility index (Phi) is 11.0. The normalized spacial score (nSPS) is 16.0. The van der Waals surface area contributed by atoms with Crippen molar-refractivity contribution in [3.8, 4) is 17.3 Å². The zero-order chi connectivity index (χ0) is 36.8. The van der Waals surface area contributed by atoms with E-state index in [4.69, 9.17) is 14.2 Å². The minimum Gasteiger partial charge on any atom is -0.490 e. The molecular formula is C43H47N5O4. The van der Waals surface area contributed by atoms with Crippen LogP contribution in [0.1, 0.15) is 90.7 Å². The van der Waals surface area contributed by atoms with Gasteiger partial charge in [-0.2, -0.15) is 4.98 Å². The first kappa shape index (κ1) is 36.2. The SMILES string of the molecule is C=Cc1ccc(NC2CC(Oc3ccc(C(C)(C)c4ccc(Cc5cccc(-c6noc(C)n6)n5)cc4)cc3)C2)cc1C(=O)N(C)C(C)CCC=O. The molecule has 3 aromatic carbocycles. The van der Waals surface area contributed by atoms with Gasteiger partial charge >= 0.3 is 0 Å². The highest BCUT2D eigenvalue weighted by Crippen LogP contribution is 2.35. The fourth-order valence-electron chi connectivity index (χ4n) is 6.58. The summed E-state index contributed by atoms with van der Waals surface area (Å²) in [7, 11) is 1.78. The fourth-order valence-corrected chi connectivity index (χ4v) is 6.58. The Balaban J connectivity index is 1.01. The molecule has 6 rings (SSSR count). The second-order valence-corrected chi connectivity index (χ2v) is 14.2. The summed E-state index contributed by atoms with van der Waals surface area (Å²) in [4.78, 5) is 34.9. The molecule has 1 amide bonds. The number of ether oxygens (including phenoxy) is 1. The number of hydrogen-bond acceptors (Lipinski definition) is 8. The van der Waals surface area contributed by atoms with Crippen molar-refractivity contribution in [1.82, 2.24) is 20.0 Å². The van der Waals surface area contributed by atoms with E-state index in [0.29, 0.717) is 42.2 Å². The van der Waals surface area contributed by atoms with Gasteiger partial charge in [0, 0.05) is 74.1 Å². The summed E-state index contributed by atoms with van der Waals surface area (Å²) in [5.74, 6) is 1.80. The number of benzene rings is 3. The van der Waals surface area contributed by atoms with E-state index in [1.807, 2.05) is 43.3 Å². The number of nitrogens with one attached hydrogen (secondary N) is 1. The van der Waals surface area contributed by atoms with Crippen LogP contribution >= 0.6 is 0 Å². The second-order valence-electron chi connectivity index (χ2n) is 14.2. The molecule has 0 spiro atoms. The number of hydrogen-bond donors (Lipinski definition) is 1. The standard InChI is InChI=1S/C43H47N5O4/c1-7-31-15-20-35(27-39(31)42(50)48(6)28(2)10-9-23-49)45-36-25-38(26-36)51-37-21-18-33(19-22-37)43(4,5)32-16-13-30(14-17-32)24-34-11-8-12-40(46-34)41-44-29(3)52-47-41/h7-8,11-23,27-28,36,38,45H,1,9-10,24-26H2,2-6H3. The molecule has 9 heteroatoms. The summed E-state index contributed by atoms with van der Waals surface area (Å²) in [5.41, 5.74) is 7.36. The van der Waals surface area contributed by atoms with E-state index < -0.39 is 0 Å². The first-order chi connectivity index (χ1) is 25.0. The summed E-state index contributed by atoms with van der Waals surface area (Å²) in [5, 5.41) is 7.57. The molecule has 1 saturated carbocycles. The van der Waals surface area contributed by atoms with Gasteiger partial charge in [0.15, 0.2) is 0 Å². The molecule has 268 valence electrons. The van der Waals surface area contributed by atoms with Crippen LogP contribution in [0.5, 0.6) is 5.75 Å². The topological polar surface area (TPSA) is 110 Å². The van der Waals surface area contributed by atoms with Crippen molar-refractivity contribution < 1.29 is 18.8 Å². The maximum absolute atomic E-state index is 13.3. The van der Waals surface area contributed by atoms with Crippen LogP contribution in [-0.4, -0.2) is 57.5 Å². The highest BCUT2D eigenvalue weighted by Gasteiger charge is 2.31. The summed E-state index contributed by atoms with van der Waals surface area (Å²) in [6, 6.07) is 29.1. The maximum atomic E-state index is 13.3. The van der Waals surface area contributed by atoms with Crippen LogP contribution in [0.3, 0.4) is 0 Å². The van der Waals surface area contributed by atoms with E-state index in [0.717, 1.165) is 41.8 Å². The van der Waals surface area contributed by atoms with Gasteiger partial charge in [0.05, 0.1) is 0 Å². The molecule has 1 aliphatic carbocycles. The maximum Gasteiger partial charge on any atom is 0.254 e. The summed E-state index contributed by atoms with van der Waals surface area (Å²) in [6.45, 7) is 12.1. The number of anilines is 1. The first-order valence-corrected chi connectivity index (χ1v) is 17.9. The molecule has 1 aliphatic rings. The van der Waals surface area contributed by atoms with Crippen LogP contribution in [0.4, 0.5) is 5.69 Å². The van der Waals surface area contributed by atoms with E-state index in [1.54, 1.807) is 24.9 Å². The van der Waals surface area contributed by atoms with Crippen LogP contribution in [-0.2, 0) is 16.6 Å². The molecule has 2 aromatic heterocycles. The third-order valence-electron chi connectivity index (χ3n) is 10.2. The molecule has 0 aliphatic heterocycles. The highest BCUT2D eigenvalue weighted by molar-refractivity contribution is 5.98. The van der Waals surface area contributed by atoms with Gasteiger partial charge in [0.25, 0.3) is 5.91 Å². The molecule has 9 nitrogen and oxygen atoms in total. The Morgan fingerprint density at radius 1 is 1.04 bits per heavy atom. The van der Waals surface area contributed by atoms with Gasteiger partial charge in [-0.1, -0.05) is 80.2 Å². The predicted octanol–water partition coefficient (Wildman–Crippen LogP) is 8.46. The van der Waals surface area contributed by atoms with E-state index in [1.165, 1.54) is 16.7 Å². The van der Waals surface area contributed by atoms with Gasteiger partial charge in [-0.15, -0.1) is 0 Å². The van der Waals surface area contributed by atoms with Crippen LogP contribution < -0.4 is 10.1 Å². The molecule has 1 fully saturated rings. The summed E-state index contributed by atoms with van der Waals surface area (Å²) < 4.78 is 11.4. The van der Waals surface area contributed by atoms with Crippen LogP contribution in [0.15, 0.2) is 96.0 Å². The van der Waals surface area contributed by atoms with Gasteiger partial charge < -0.3 is 24.3 Å². The van der Waals surface area contributed by atoms with Crippen molar-refractivity contribution in [3.63, 3.8) is 0 Å². The molecule has 0 radical (unpaired) electrons. The summed E-state index contributed by atoms with van der Waals surface area (Å²) in [6.07, 6.45) is 6.22. The molecule has 2 heterocycles. The third kappa shape index (κ3) is 8.31. The molecule has 0 saturated heterocycles. The second kappa shape index (κ2) is 15.8. The smallest absolute Gasteiger partial charge is 0.254 e. The Morgan fingerprint density at radius 2 is 1.75 bits per heavy atom. The lowest BCUT2D eigenvalue weighted by Gasteiger charge is -2.36. The average Bonchev–Trinajstić information content (AvgIpc) is 3.59. The molecular weight excluding hydrogens is 651 g/mol. The van der Waals surface area contributed by atoms with Gasteiger partial charge in [-0.25, -0.2) is 4.98 Å². The summed E-state index contributed by atoms with van der Waals surface area (Å²) >= 11 is 0. The van der Waals surface area contributed by atoms with Crippen LogP contribution in [0.2, 0.25) is 0 Å². The van der Waals surface area contributed by atoms with Crippen molar-refractivity contribution in [3.05, 3.63) is 131 Å². The number of aromatic nitrogens is 3. The number of pyridine rings is 1. The van der Waals surface area contributed by atoms with Crippen molar-refractivity contribution >= 4 is 24.0 Å². The molecule has 1 unspecified atom stereocenters. The van der Waals surface area contributed by atoms with Gasteiger partial charge in [0.2, 0.25) is 11.7 Å². The largest absolute Gasteiger partial charge is 0.490 e. The number of carbonyl (C=O) groups is 2. The molecule has 5 aromatic rings. The molecule has 0 bridgehead atoms. The highest BCUT2D eigenvalue weighted by atomic mass is 16.5. The molecule has 52 heavy (non-hydrogen) atoms. The minimum atomic E-state index is -0.194. The Bertz CT molecular complexity index is 2010. The number of aryl methyl sites for hydroxylation is 1. The zero-order valence-electron chi connectivity index (χ0n) is 30.6. The third-order valence-corrected chi connectivity index (χ3v) is 10.2. The number of aldehydes is 1. The number of nitrogens with zero attached hydrogens (tertiary/aromatic N) is 4. The Labute approximate surface area is 306 Å². The number of amides is 1. The molecule has 1 N–H and O–H groups in total. The van der Waals surface area contributed by atoms with Crippen molar-refractivity contribution in [2.24, 2.45) is 0 Å². The number of carbonyl (C=O) groups excluding carboxylic acids is 2. The van der Waals surface area contributed by atoms with Gasteiger partial charge in [-0.05, 0) is 72.0 Å². The quantitative estimate of drug-likeness (QED) is 0.109. The Hall–Kier alpha value is -5.57. The predicted molar refractivity (Wildman–Crippen MR) is 205 cm³/mol. The minimum absolute atomic E-state index is 0.0450. The van der Waals surface area contributed by atoms with Gasteiger partial charge in [0.1, 0.15) is 23.8 Å². The lowest BCUT2D eigenvalue weighted by atomic mass is 9.78. The van der Waals surface area contributed by atoms with Gasteiger partial charge in [-0.3, -0.25) is 4.79 Å². The average molecular weight is 698 g/mol. The lowest BCUT2D eigenvalue weighted by Crippen LogP contribution is -2.42. The van der Waals surface area contributed by atoms with Crippen molar-refractivity contribution in [2.45, 2.75) is 83.4 Å². The number of rotatable bonds is 15. The van der Waals surface area contributed by atoms with E-state index in [-0.39, 0.29) is 29.5 Å². The monoisotopic (exact) mass is 697 g/mol. The first-order valence-electron chi connectivity index (χ1n) is 17.9. The fraction of sp³-hybridized carbons (Fsp3) is 0.326. The molecule has 1 atom stereocenters. The van der Waals surface area contributed by atoms with E-state index >= 15 is 0 Å². The van der Waals surface area contributed by atoms with E-state index in [2.05, 4.69) is 84.4 Å². The van der Waals surface area contributed by atoms with Crippen molar-refractivity contribution in [2.75, 3.05) is 12.4 Å². The Morgan fingerprint density at radius 3 is 2.40 bits per heavy atom. The zero-order valence-corrected chi connectivity index (χ0v) is 30.6. The van der Waals surface area contributed by atoms with Crippen molar-refractivity contribution in [1.29, 1.82) is 0 Å². The van der Waals surface area contributed by atoms with Crippen LogP contribution in [0.25, 0.3) is 17.6 Å².